The fraction of sp³-hybridized carbons (Fsp3) is 0.222. The molecule has 0 heterocycles. The molecule has 0 saturated carbocycles. The van der Waals surface area contributed by atoms with Gasteiger partial charge in [0.1, 0.15) is 5.56 Å². The molecule has 1 rings (SSSR count). The second kappa shape index (κ2) is 3.92. The lowest BCUT2D eigenvalue weighted by atomic mass is 10.1. The highest BCUT2D eigenvalue weighted by molar-refractivity contribution is 5.94. The molecule has 0 bridgehead atoms. The van der Waals surface area contributed by atoms with Crippen LogP contribution in [0.2, 0.25) is 0 Å². The highest BCUT2D eigenvalue weighted by atomic mass is 19.4. The van der Waals surface area contributed by atoms with E-state index in [4.69, 9.17) is 11.5 Å². The Kier molecular flexibility index (Phi) is 2.97. The Labute approximate surface area is 89.0 Å². The van der Waals surface area contributed by atoms with Gasteiger partial charge in [0, 0.05) is 5.56 Å². The third kappa shape index (κ3) is 2.18. The Bertz CT molecular complexity index is 429. The van der Waals surface area contributed by atoms with Crippen molar-refractivity contribution in [2.75, 3.05) is 12.8 Å². The maximum absolute atomic E-state index is 12.6. The number of rotatable bonds is 2. The van der Waals surface area contributed by atoms with Crippen LogP contribution in [0.4, 0.5) is 18.9 Å². The van der Waals surface area contributed by atoms with Crippen LogP contribution in [-0.2, 0) is 6.18 Å². The monoisotopic (exact) mass is 234 g/mol. The summed E-state index contributed by atoms with van der Waals surface area (Å²) in [4.78, 5) is 10.8. The van der Waals surface area contributed by atoms with E-state index < -0.39 is 23.4 Å². The van der Waals surface area contributed by atoms with Crippen LogP contribution < -0.4 is 16.2 Å². The minimum Gasteiger partial charge on any atom is -0.494 e. The molecule has 0 aliphatic heterocycles. The molecule has 0 radical (unpaired) electrons. The van der Waals surface area contributed by atoms with Crippen LogP contribution in [0.25, 0.3) is 0 Å². The zero-order chi connectivity index (χ0) is 12.5. The van der Waals surface area contributed by atoms with Crippen molar-refractivity contribution < 1.29 is 22.7 Å². The number of anilines is 1. The largest absolute Gasteiger partial charge is 0.494 e. The Balaban J connectivity index is 3.49. The van der Waals surface area contributed by atoms with Crippen molar-refractivity contribution >= 4 is 11.6 Å². The van der Waals surface area contributed by atoms with Crippen molar-refractivity contribution in [2.45, 2.75) is 6.18 Å². The standard InChI is InChI=1S/C9H9F3N2O2/c1-16-7-5(9(10,11)12)2-4(8(14)15)3-6(7)13/h2-3H,13H2,1H3,(H2,14,15). The molecule has 16 heavy (non-hydrogen) atoms. The maximum atomic E-state index is 12.6. The van der Waals surface area contributed by atoms with E-state index in [0.29, 0.717) is 6.07 Å². The topological polar surface area (TPSA) is 78.3 Å². The van der Waals surface area contributed by atoms with Crippen molar-refractivity contribution in [3.8, 4) is 5.75 Å². The van der Waals surface area contributed by atoms with E-state index in [9.17, 15) is 18.0 Å². The van der Waals surface area contributed by atoms with Crippen molar-refractivity contribution in [3.63, 3.8) is 0 Å². The second-order valence-corrected chi connectivity index (χ2v) is 3.01. The molecule has 1 amide bonds. The Morgan fingerprint density at radius 3 is 2.31 bits per heavy atom. The molecule has 0 atom stereocenters. The van der Waals surface area contributed by atoms with Crippen molar-refractivity contribution in [2.24, 2.45) is 5.73 Å². The maximum Gasteiger partial charge on any atom is 0.420 e. The summed E-state index contributed by atoms with van der Waals surface area (Å²) in [6, 6.07) is 1.65. The quantitative estimate of drug-likeness (QED) is 0.759. The highest BCUT2D eigenvalue weighted by Crippen LogP contribution is 2.40. The van der Waals surface area contributed by atoms with E-state index in [-0.39, 0.29) is 11.3 Å². The Morgan fingerprint density at radius 2 is 1.94 bits per heavy atom. The van der Waals surface area contributed by atoms with E-state index in [1.54, 1.807) is 0 Å². The first kappa shape index (κ1) is 12.2. The first-order chi connectivity index (χ1) is 7.27. The zero-order valence-electron chi connectivity index (χ0n) is 8.26. The van der Waals surface area contributed by atoms with Gasteiger partial charge in [-0.2, -0.15) is 13.2 Å². The number of methoxy groups -OCH3 is 1. The van der Waals surface area contributed by atoms with Crippen LogP contribution in [-0.4, -0.2) is 13.0 Å². The van der Waals surface area contributed by atoms with Gasteiger partial charge in [0.05, 0.1) is 12.8 Å². The van der Waals surface area contributed by atoms with Crippen LogP contribution in [0.3, 0.4) is 0 Å². The molecule has 0 aromatic heterocycles. The van der Waals surface area contributed by atoms with Crippen molar-refractivity contribution in [1.82, 2.24) is 0 Å². The number of nitrogens with two attached hydrogens (primary N) is 2. The van der Waals surface area contributed by atoms with E-state index in [1.807, 2.05) is 0 Å². The predicted octanol–water partition coefficient (Wildman–Crippen LogP) is 1.40. The van der Waals surface area contributed by atoms with Crippen LogP contribution in [0.1, 0.15) is 15.9 Å². The van der Waals surface area contributed by atoms with E-state index in [2.05, 4.69) is 4.74 Å². The molecule has 0 fully saturated rings. The molecule has 1 aromatic rings. The average Bonchev–Trinajstić information content (AvgIpc) is 2.14. The molecule has 1 aromatic carbocycles. The van der Waals surface area contributed by atoms with Crippen molar-refractivity contribution in [3.05, 3.63) is 23.3 Å². The lowest BCUT2D eigenvalue weighted by molar-refractivity contribution is -0.138. The summed E-state index contributed by atoms with van der Waals surface area (Å²) >= 11 is 0. The van der Waals surface area contributed by atoms with Crippen LogP contribution in [0.15, 0.2) is 12.1 Å². The molecule has 88 valence electrons. The second-order valence-electron chi connectivity index (χ2n) is 3.01. The third-order valence-corrected chi connectivity index (χ3v) is 1.91. The Morgan fingerprint density at radius 1 is 1.38 bits per heavy atom. The molecule has 7 heteroatoms. The zero-order valence-corrected chi connectivity index (χ0v) is 8.26. The summed E-state index contributed by atoms with van der Waals surface area (Å²) in [5.74, 6) is -1.50. The molecule has 0 aliphatic rings. The summed E-state index contributed by atoms with van der Waals surface area (Å²) in [6.07, 6.45) is -4.66. The molecular formula is C9H9F3N2O2. The minimum atomic E-state index is -4.66. The molecule has 0 aliphatic carbocycles. The van der Waals surface area contributed by atoms with Crippen LogP contribution in [0, 0.1) is 0 Å². The van der Waals surface area contributed by atoms with Gasteiger partial charge in [0.2, 0.25) is 5.91 Å². The number of carbonyl (C=O) groups excluding carboxylic acids is 1. The number of hydrogen-bond acceptors (Lipinski definition) is 3. The number of hydrogen-bond donors (Lipinski definition) is 2. The smallest absolute Gasteiger partial charge is 0.420 e. The fourth-order valence-corrected chi connectivity index (χ4v) is 1.23. The number of ether oxygens (including phenoxy) is 1. The first-order valence-corrected chi connectivity index (χ1v) is 4.12. The third-order valence-electron chi connectivity index (χ3n) is 1.91. The number of halogens is 3. The van der Waals surface area contributed by atoms with E-state index >= 15 is 0 Å². The summed E-state index contributed by atoms with van der Waals surface area (Å²) in [5, 5.41) is 0. The van der Waals surface area contributed by atoms with E-state index in [1.165, 1.54) is 0 Å². The van der Waals surface area contributed by atoms with Gasteiger partial charge in [-0.05, 0) is 12.1 Å². The van der Waals surface area contributed by atoms with Crippen molar-refractivity contribution in [1.29, 1.82) is 0 Å². The van der Waals surface area contributed by atoms with Gasteiger partial charge in [-0.25, -0.2) is 0 Å². The first-order valence-electron chi connectivity index (χ1n) is 4.12. The molecule has 4 N–H and O–H groups in total. The average molecular weight is 234 g/mol. The van der Waals surface area contributed by atoms with Crippen LogP contribution in [0.5, 0.6) is 5.75 Å². The van der Waals surface area contributed by atoms with Crippen LogP contribution >= 0.6 is 0 Å². The minimum absolute atomic E-state index is 0.286. The summed E-state index contributed by atoms with van der Waals surface area (Å²) in [7, 11) is 1.06. The summed E-state index contributed by atoms with van der Waals surface area (Å²) < 4.78 is 42.3. The van der Waals surface area contributed by atoms with Gasteiger partial charge in [-0.15, -0.1) is 0 Å². The summed E-state index contributed by atoms with van der Waals surface area (Å²) in [5.41, 5.74) is 8.50. The molecule has 0 unspecified atom stereocenters. The lowest BCUT2D eigenvalue weighted by Crippen LogP contribution is -2.15. The number of benzene rings is 1. The number of amides is 1. The van der Waals surface area contributed by atoms with Gasteiger partial charge in [-0.1, -0.05) is 0 Å². The predicted molar refractivity (Wildman–Crippen MR) is 50.9 cm³/mol. The van der Waals surface area contributed by atoms with Gasteiger partial charge < -0.3 is 16.2 Å². The van der Waals surface area contributed by atoms with E-state index in [0.717, 1.165) is 13.2 Å². The number of alkyl halides is 3. The number of carbonyl (C=O) groups is 1. The lowest BCUT2D eigenvalue weighted by Gasteiger charge is -2.14. The SMILES string of the molecule is COc1c(N)cc(C(N)=O)cc1C(F)(F)F. The molecule has 0 saturated heterocycles. The number of primary amides is 1. The highest BCUT2D eigenvalue weighted by Gasteiger charge is 2.36. The van der Waals surface area contributed by atoms with Gasteiger partial charge >= 0.3 is 6.18 Å². The normalized spacial score (nSPS) is 11.2. The Hall–Kier alpha value is -1.92. The van der Waals surface area contributed by atoms with Gasteiger partial charge in [-0.3, -0.25) is 4.79 Å². The summed E-state index contributed by atoms with van der Waals surface area (Å²) in [6.45, 7) is 0. The fourth-order valence-electron chi connectivity index (χ4n) is 1.23. The molecule has 4 nitrogen and oxygen atoms in total. The molecule has 0 spiro atoms. The van der Waals surface area contributed by atoms with Gasteiger partial charge in [0.15, 0.2) is 5.75 Å². The number of nitrogen functional groups attached to an aromatic ring is 1. The molecular weight excluding hydrogens is 225 g/mol. The van der Waals surface area contributed by atoms with Gasteiger partial charge in [0.25, 0.3) is 0 Å².